The number of benzene rings is 1. The first-order valence-corrected chi connectivity index (χ1v) is 7.63. The number of hydrazone groups is 1. The van der Waals surface area contributed by atoms with Gasteiger partial charge in [-0.25, -0.2) is 5.53 Å². The summed E-state index contributed by atoms with van der Waals surface area (Å²) in [6.45, 7) is 4.36. The van der Waals surface area contributed by atoms with Gasteiger partial charge >= 0.3 is 0 Å². The molecule has 1 aromatic rings. The summed E-state index contributed by atoms with van der Waals surface area (Å²) in [6.07, 6.45) is 6.22. The van der Waals surface area contributed by atoms with Crippen LogP contribution in [0, 0.1) is 0 Å². The van der Waals surface area contributed by atoms with E-state index in [0.717, 1.165) is 49.8 Å². The molecule has 0 unspecified atom stereocenters. The highest BCUT2D eigenvalue weighted by Gasteiger charge is 2.45. The van der Waals surface area contributed by atoms with Crippen LogP contribution in [0.2, 0.25) is 0 Å². The van der Waals surface area contributed by atoms with Crippen LogP contribution in [0.5, 0.6) is 0 Å². The van der Waals surface area contributed by atoms with Gasteiger partial charge in [0.15, 0.2) is 0 Å². The lowest BCUT2D eigenvalue weighted by Gasteiger charge is -2.34. The number of unbranched alkanes of at least 4 members (excludes halogenated alkanes) is 2. The summed E-state index contributed by atoms with van der Waals surface area (Å²) in [5.41, 5.74) is 4.41. The first-order chi connectivity index (χ1) is 9.74. The van der Waals surface area contributed by atoms with Crippen molar-refractivity contribution in [2.75, 3.05) is 0 Å². The molecule has 0 spiro atoms. The highest BCUT2D eigenvalue weighted by molar-refractivity contribution is 6.07. The van der Waals surface area contributed by atoms with Crippen molar-refractivity contribution in [3.8, 4) is 0 Å². The first kappa shape index (κ1) is 15.0. The topological polar surface area (TPSA) is 47.9 Å². The van der Waals surface area contributed by atoms with Crippen molar-refractivity contribution in [1.82, 2.24) is 10.7 Å². The highest BCUT2D eigenvalue weighted by Crippen LogP contribution is 2.33. The molecule has 0 saturated heterocycles. The van der Waals surface area contributed by atoms with Crippen LogP contribution in [0.3, 0.4) is 0 Å². The van der Waals surface area contributed by atoms with Crippen LogP contribution in [0.4, 0.5) is 0 Å². The Bertz CT molecular complexity index is 436. The minimum atomic E-state index is -0.395. The van der Waals surface area contributed by atoms with Gasteiger partial charge in [-0.1, -0.05) is 75.0 Å². The summed E-state index contributed by atoms with van der Waals surface area (Å²) in [5.74, 6) is 0. The van der Waals surface area contributed by atoms with E-state index in [1.807, 2.05) is 18.2 Å². The summed E-state index contributed by atoms with van der Waals surface area (Å²) in [7, 11) is 0. The molecule has 0 aromatic heterocycles. The average molecular weight is 275 g/mol. The molecule has 20 heavy (non-hydrogen) atoms. The predicted octanol–water partition coefficient (Wildman–Crippen LogP) is 3.72. The molecule has 2 rings (SSSR count). The van der Waals surface area contributed by atoms with Crippen LogP contribution in [-0.2, 0) is 0 Å². The average Bonchev–Trinajstić information content (AvgIpc) is 2.81. The zero-order chi connectivity index (χ0) is 14.4. The van der Waals surface area contributed by atoms with E-state index in [-0.39, 0.29) is 0 Å². The number of hydrogen-bond donors (Lipinski definition) is 2. The van der Waals surface area contributed by atoms with Crippen molar-refractivity contribution in [2.24, 2.45) is 5.10 Å². The maximum Gasteiger partial charge on any atom is 0.113 e. The lowest BCUT2D eigenvalue weighted by atomic mass is 9.80. The van der Waals surface area contributed by atoms with Crippen molar-refractivity contribution in [3.05, 3.63) is 35.9 Å². The number of hydroxylamine groups is 1. The molecule has 1 heterocycles. The Morgan fingerprint density at radius 2 is 1.70 bits per heavy atom. The molecule has 4 heteroatoms. The Morgan fingerprint density at radius 3 is 2.25 bits per heavy atom. The smallest absolute Gasteiger partial charge is 0.113 e. The summed E-state index contributed by atoms with van der Waals surface area (Å²) < 4.78 is 0. The highest BCUT2D eigenvalue weighted by atomic mass is 16.6. The van der Waals surface area contributed by atoms with Gasteiger partial charge in [0.1, 0.15) is 5.54 Å². The van der Waals surface area contributed by atoms with Crippen molar-refractivity contribution < 1.29 is 5.21 Å². The molecule has 0 aliphatic carbocycles. The molecule has 0 saturated carbocycles. The number of nitrogens with zero attached hydrogens (tertiary/aromatic N) is 2. The molecular weight excluding hydrogens is 250 g/mol. The van der Waals surface area contributed by atoms with E-state index < -0.39 is 5.54 Å². The minimum absolute atomic E-state index is 0.395. The van der Waals surface area contributed by atoms with Gasteiger partial charge < -0.3 is 0 Å². The Kier molecular flexibility index (Phi) is 5.15. The van der Waals surface area contributed by atoms with Crippen LogP contribution in [0.15, 0.2) is 35.4 Å². The molecule has 1 aromatic carbocycles. The van der Waals surface area contributed by atoms with Gasteiger partial charge in [0.25, 0.3) is 0 Å². The van der Waals surface area contributed by atoms with Gasteiger partial charge in [0.05, 0.1) is 5.71 Å². The van der Waals surface area contributed by atoms with Gasteiger partial charge in [-0.15, -0.1) is 0 Å². The molecule has 1 aliphatic rings. The molecule has 0 atom stereocenters. The summed E-state index contributed by atoms with van der Waals surface area (Å²) in [5, 5.41) is 15.9. The van der Waals surface area contributed by atoms with E-state index in [9.17, 15) is 5.21 Å². The summed E-state index contributed by atoms with van der Waals surface area (Å²) in [4.78, 5) is 0. The number of nitrogens with one attached hydrogen (secondary N) is 1. The third kappa shape index (κ3) is 2.86. The van der Waals surface area contributed by atoms with E-state index in [0.29, 0.717) is 0 Å². The minimum Gasteiger partial charge on any atom is -0.293 e. The second-order valence-electron chi connectivity index (χ2n) is 5.48. The SMILES string of the molecule is CCCCC1(CCCC)C(c2ccccc2)=NNN1O. The molecule has 110 valence electrons. The fourth-order valence-corrected chi connectivity index (χ4v) is 2.84. The van der Waals surface area contributed by atoms with Crippen molar-refractivity contribution in [3.63, 3.8) is 0 Å². The lowest BCUT2D eigenvalue weighted by molar-refractivity contribution is -0.183. The van der Waals surface area contributed by atoms with Crippen LogP contribution < -0.4 is 5.53 Å². The number of hydrazine groups is 1. The first-order valence-electron chi connectivity index (χ1n) is 7.63. The summed E-state index contributed by atoms with van der Waals surface area (Å²) in [6, 6.07) is 10.2. The monoisotopic (exact) mass is 275 g/mol. The van der Waals surface area contributed by atoms with Crippen molar-refractivity contribution >= 4 is 5.71 Å². The molecular formula is C16H25N3O. The lowest BCUT2D eigenvalue weighted by Crippen LogP contribution is -2.52. The molecule has 0 radical (unpaired) electrons. The predicted molar refractivity (Wildman–Crippen MR) is 81.5 cm³/mol. The fraction of sp³-hybridized carbons (Fsp3) is 0.562. The van der Waals surface area contributed by atoms with E-state index in [4.69, 9.17) is 0 Å². The van der Waals surface area contributed by atoms with E-state index >= 15 is 0 Å². The molecule has 0 fully saturated rings. The molecule has 1 aliphatic heterocycles. The van der Waals surface area contributed by atoms with Crippen molar-refractivity contribution in [2.45, 2.75) is 57.9 Å². The van der Waals surface area contributed by atoms with Gasteiger partial charge in [0.2, 0.25) is 0 Å². The van der Waals surface area contributed by atoms with E-state index in [1.54, 1.807) is 0 Å². The quantitative estimate of drug-likeness (QED) is 0.797. The van der Waals surface area contributed by atoms with Crippen LogP contribution in [0.1, 0.15) is 57.9 Å². The largest absolute Gasteiger partial charge is 0.293 e. The van der Waals surface area contributed by atoms with E-state index in [1.165, 1.54) is 5.17 Å². The Hall–Kier alpha value is -1.39. The number of rotatable bonds is 7. The molecule has 4 nitrogen and oxygen atoms in total. The second-order valence-corrected chi connectivity index (χ2v) is 5.48. The maximum absolute atomic E-state index is 10.3. The Labute approximate surface area is 121 Å². The summed E-state index contributed by atoms with van der Waals surface area (Å²) >= 11 is 0. The zero-order valence-corrected chi connectivity index (χ0v) is 12.5. The second kappa shape index (κ2) is 6.86. The molecule has 0 bridgehead atoms. The van der Waals surface area contributed by atoms with Crippen molar-refractivity contribution in [1.29, 1.82) is 0 Å². The fourth-order valence-electron chi connectivity index (χ4n) is 2.84. The van der Waals surface area contributed by atoms with Crippen LogP contribution in [-0.4, -0.2) is 21.6 Å². The van der Waals surface area contributed by atoms with Gasteiger partial charge in [-0.3, -0.25) is 5.21 Å². The van der Waals surface area contributed by atoms with Crippen LogP contribution in [0.25, 0.3) is 0 Å². The Balaban J connectivity index is 2.31. The van der Waals surface area contributed by atoms with Crippen LogP contribution >= 0.6 is 0 Å². The van der Waals surface area contributed by atoms with E-state index in [2.05, 4.69) is 36.6 Å². The third-order valence-electron chi connectivity index (χ3n) is 4.04. The normalized spacial score (nSPS) is 17.9. The van der Waals surface area contributed by atoms with Gasteiger partial charge in [-0.05, 0) is 18.4 Å². The molecule has 0 amide bonds. The standard InChI is InChI=1S/C16H25N3O/c1-3-5-12-16(13-6-4-2)15(17-18-19(16)20)14-10-8-7-9-11-14/h7-11,18,20H,3-6,12-13H2,1-2H3. The van der Waals surface area contributed by atoms with Gasteiger partial charge in [0, 0.05) is 0 Å². The number of hydrogen-bond acceptors (Lipinski definition) is 4. The molecule has 2 N–H and O–H groups in total. The zero-order valence-electron chi connectivity index (χ0n) is 12.5. The maximum atomic E-state index is 10.3. The Morgan fingerprint density at radius 1 is 1.10 bits per heavy atom. The van der Waals surface area contributed by atoms with Gasteiger partial charge in [-0.2, -0.15) is 5.10 Å². The third-order valence-corrected chi connectivity index (χ3v) is 4.04.